The lowest BCUT2D eigenvalue weighted by Gasteiger charge is -2.19. The number of aryl methyl sites for hydroxylation is 2. The fourth-order valence-electron chi connectivity index (χ4n) is 2.20. The lowest BCUT2D eigenvalue weighted by atomic mass is 10.1. The van der Waals surface area contributed by atoms with E-state index in [1.54, 1.807) is 0 Å². The molecule has 0 spiro atoms. The van der Waals surface area contributed by atoms with E-state index >= 15 is 0 Å². The molecule has 0 aliphatic rings. The standard InChI is InChI=1S/C17H22N2/c1-14-9-11-16(12-10-14)19(2)13-5-7-15-6-3-4-8-17(15)18/h3-4,6,8-12H,5,7,13,18H2,1-2H3. The van der Waals surface area contributed by atoms with Gasteiger partial charge in [-0.2, -0.15) is 0 Å². The van der Waals surface area contributed by atoms with Gasteiger partial charge in [-0.3, -0.25) is 0 Å². The van der Waals surface area contributed by atoms with Crippen LogP contribution in [-0.2, 0) is 6.42 Å². The minimum Gasteiger partial charge on any atom is -0.399 e. The molecule has 0 heterocycles. The van der Waals surface area contributed by atoms with Crippen molar-refractivity contribution in [2.45, 2.75) is 19.8 Å². The number of nitrogen functional groups attached to an aromatic ring is 1. The average Bonchev–Trinajstić information content (AvgIpc) is 2.41. The van der Waals surface area contributed by atoms with Crippen LogP contribution in [0.15, 0.2) is 48.5 Å². The zero-order chi connectivity index (χ0) is 13.7. The molecule has 0 atom stereocenters. The molecule has 2 N–H and O–H groups in total. The Bertz CT molecular complexity index is 517. The largest absolute Gasteiger partial charge is 0.399 e. The van der Waals surface area contributed by atoms with Crippen molar-refractivity contribution in [1.29, 1.82) is 0 Å². The molecule has 0 saturated heterocycles. The molecule has 19 heavy (non-hydrogen) atoms. The predicted molar refractivity (Wildman–Crippen MR) is 83.6 cm³/mol. The first-order chi connectivity index (χ1) is 9.16. The molecular weight excluding hydrogens is 232 g/mol. The number of hydrogen-bond acceptors (Lipinski definition) is 2. The molecule has 2 aromatic carbocycles. The summed E-state index contributed by atoms with van der Waals surface area (Å²) in [5, 5.41) is 0. The van der Waals surface area contributed by atoms with E-state index in [0.717, 1.165) is 25.1 Å². The van der Waals surface area contributed by atoms with Gasteiger partial charge in [-0.1, -0.05) is 35.9 Å². The summed E-state index contributed by atoms with van der Waals surface area (Å²) in [6.07, 6.45) is 2.14. The van der Waals surface area contributed by atoms with Crippen LogP contribution in [0, 0.1) is 6.92 Å². The van der Waals surface area contributed by atoms with Gasteiger partial charge < -0.3 is 10.6 Å². The molecule has 0 aliphatic carbocycles. The Hall–Kier alpha value is -1.96. The van der Waals surface area contributed by atoms with E-state index in [2.05, 4.69) is 55.3 Å². The van der Waals surface area contributed by atoms with E-state index in [0.29, 0.717) is 0 Å². The molecule has 0 fully saturated rings. The van der Waals surface area contributed by atoms with Gasteiger partial charge in [0.2, 0.25) is 0 Å². The number of benzene rings is 2. The summed E-state index contributed by atoms with van der Waals surface area (Å²) in [5.74, 6) is 0. The zero-order valence-corrected chi connectivity index (χ0v) is 11.8. The lowest BCUT2D eigenvalue weighted by Crippen LogP contribution is -2.19. The zero-order valence-electron chi connectivity index (χ0n) is 11.8. The van der Waals surface area contributed by atoms with Crippen molar-refractivity contribution < 1.29 is 0 Å². The molecule has 100 valence electrons. The Balaban J connectivity index is 1.86. The predicted octanol–water partition coefficient (Wildman–Crippen LogP) is 3.65. The smallest absolute Gasteiger partial charge is 0.0363 e. The van der Waals surface area contributed by atoms with Gasteiger partial charge in [-0.25, -0.2) is 0 Å². The number of nitrogens with two attached hydrogens (primary N) is 1. The average molecular weight is 254 g/mol. The minimum absolute atomic E-state index is 0.903. The second kappa shape index (κ2) is 6.28. The van der Waals surface area contributed by atoms with Crippen LogP contribution in [0.3, 0.4) is 0 Å². The van der Waals surface area contributed by atoms with Crippen LogP contribution in [0.4, 0.5) is 11.4 Å². The van der Waals surface area contributed by atoms with Crippen molar-refractivity contribution in [3.05, 3.63) is 59.7 Å². The van der Waals surface area contributed by atoms with Crippen LogP contribution in [0.2, 0.25) is 0 Å². The van der Waals surface area contributed by atoms with Crippen LogP contribution in [0.1, 0.15) is 17.5 Å². The second-order valence-corrected chi connectivity index (χ2v) is 5.06. The van der Waals surface area contributed by atoms with E-state index in [-0.39, 0.29) is 0 Å². The van der Waals surface area contributed by atoms with E-state index in [4.69, 9.17) is 5.73 Å². The molecule has 0 bridgehead atoms. The molecule has 0 aliphatic heterocycles. The Morgan fingerprint density at radius 1 is 1.00 bits per heavy atom. The highest BCUT2D eigenvalue weighted by atomic mass is 15.1. The van der Waals surface area contributed by atoms with Gasteiger partial charge in [-0.15, -0.1) is 0 Å². The first-order valence-electron chi connectivity index (χ1n) is 6.78. The Kier molecular flexibility index (Phi) is 4.45. The van der Waals surface area contributed by atoms with Crippen molar-refractivity contribution in [3.63, 3.8) is 0 Å². The van der Waals surface area contributed by atoms with Gasteiger partial charge in [-0.05, 0) is 43.5 Å². The van der Waals surface area contributed by atoms with E-state index in [1.165, 1.54) is 16.8 Å². The summed E-state index contributed by atoms with van der Waals surface area (Å²) < 4.78 is 0. The van der Waals surface area contributed by atoms with Crippen molar-refractivity contribution >= 4 is 11.4 Å². The third-order valence-corrected chi connectivity index (χ3v) is 3.47. The maximum atomic E-state index is 5.95. The Morgan fingerprint density at radius 2 is 1.68 bits per heavy atom. The highest BCUT2D eigenvalue weighted by Crippen LogP contribution is 2.16. The van der Waals surface area contributed by atoms with Crippen LogP contribution in [0.25, 0.3) is 0 Å². The van der Waals surface area contributed by atoms with Crippen molar-refractivity contribution in [1.82, 2.24) is 0 Å². The summed E-state index contributed by atoms with van der Waals surface area (Å²) in [7, 11) is 2.14. The second-order valence-electron chi connectivity index (χ2n) is 5.06. The molecule has 2 heteroatoms. The van der Waals surface area contributed by atoms with Gasteiger partial charge in [0.15, 0.2) is 0 Å². The van der Waals surface area contributed by atoms with Gasteiger partial charge in [0.1, 0.15) is 0 Å². The quantitative estimate of drug-likeness (QED) is 0.825. The summed E-state index contributed by atoms with van der Waals surface area (Å²) in [5.41, 5.74) is 10.7. The maximum absolute atomic E-state index is 5.95. The van der Waals surface area contributed by atoms with Crippen LogP contribution >= 0.6 is 0 Å². The minimum atomic E-state index is 0.903. The summed E-state index contributed by atoms with van der Waals surface area (Å²) in [6.45, 7) is 3.15. The van der Waals surface area contributed by atoms with Gasteiger partial charge >= 0.3 is 0 Å². The highest BCUT2D eigenvalue weighted by molar-refractivity contribution is 5.48. The highest BCUT2D eigenvalue weighted by Gasteiger charge is 2.02. The molecule has 0 unspecified atom stereocenters. The van der Waals surface area contributed by atoms with Gasteiger partial charge in [0.05, 0.1) is 0 Å². The molecule has 2 aromatic rings. The molecule has 0 aromatic heterocycles. The number of para-hydroxylation sites is 1. The number of nitrogens with zero attached hydrogens (tertiary/aromatic N) is 1. The number of rotatable bonds is 5. The van der Waals surface area contributed by atoms with Gasteiger partial charge in [0.25, 0.3) is 0 Å². The molecule has 2 rings (SSSR count). The normalized spacial score (nSPS) is 10.4. The van der Waals surface area contributed by atoms with Crippen molar-refractivity contribution in [2.24, 2.45) is 0 Å². The summed E-state index contributed by atoms with van der Waals surface area (Å²) >= 11 is 0. The maximum Gasteiger partial charge on any atom is 0.0363 e. The number of anilines is 2. The SMILES string of the molecule is Cc1ccc(N(C)CCCc2ccccc2N)cc1. The van der Waals surface area contributed by atoms with Crippen molar-refractivity contribution in [3.8, 4) is 0 Å². The van der Waals surface area contributed by atoms with Crippen molar-refractivity contribution in [2.75, 3.05) is 24.2 Å². The Labute approximate surface area is 115 Å². The van der Waals surface area contributed by atoms with E-state index in [1.807, 2.05) is 12.1 Å². The van der Waals surface area contributed by atoms with E-state index < -0.39 is 0 Å². The first kappa shape index (κ1) is 13.5. The van der Waals surface area contributed by atoms with Crippen LogP contribution in [-0.4, -0.2) is 13.6 Å². The molecular formula is C17H22N2. The lowest BCUT2D eigenvalue weighted by molar-refractivity contribution is 0.787. The van der Waals surface area contributed by atoms with Crippen LogP contribution < -0.4 is 10.6 Å². The number of hydrogen-bond donors (Lipinski definition) is 1. The first-order valence-corrected chi connectivity index (χ1v) is 6.78. The third-order valence-electron chi connectivity index (χ3n) is 3.47. The van der Waals surface area contributed by atoms with Gasteiger partial charge in [0, 0.05) is 25.0 Å². The topological polar surface area (TPSA) is 29.3 Å². The summed E-state index contributed by atoms with van der Waals surface area (Å²) in [6, 6.07) is 16.8. The molecule has 0 saturated carbocycles. The van der Waals surface area contributed by atoms with Crippen LogP contribution in [0.5, 0.6) is 0 Å². The monoisotopic (exact) mass is 254 g/mol. The molecule has 2 nitrogen and oxygen atoms in total. The summed E-state index contributed by atoms with van der Waals surface area (Å²) in [4.78, 5) is 2.29. The molecule has 0 radical (unpaired) electrons. The fourth-order valence-corrected chi connectivity index (χ4v) is 2.20. The fraction of sp³-hybridized carbons (Fsp3) is 0.294. The van der Waals surface area contributed by atoms with E-state index in [9.17, 15) is 0 Å². The molecule has 0 amide bonds. The Morgan fingerprint density at radius 3 is 2.37 bits per heavy atom. The third kappa shape index (κ3) is 3.75.